The number of nitrogens with zero attached hydrogens (tertiary/aromatic N) is 4. The normalized spacial score (nSPS) is 11.3. The van der Waals surface area contributed by atoms with Gasteiger partial charge in [0.1, 0.15) is 0 Å². The molecule has 152 valence electrons. The van der Waals surface area contributed by atoms with Crippen molar-refractivity contribution in [3.8, 4) is 5.69 Å². The first-order chi connectivity index (χ1) is 15.1. The Labute approximate surface area is 183 Å². The Morgan fingerprint density at radius 3 is 2.19 bits per heavy atom. The first kappa shape index (κ1) is 19.5. The Morgan fingerprint density at radius 1 is 0.774 bits per heavy atom. The number of aryl methyl sites for hydroxylation is 2. The van der Waals surface area contributed by atoms with Gasteiger partial charge in [-0.25, -0.2) is 15.0 Å². The zero-order chi connectivity index (χ0) is 21.4. The highest BCUT2D eigenvalue weighted by Crippen LogP contribution is 2.26. The number of para-hydroxylation sites is 4. The molecule has 0 aliphatic carbocycles. The van der Waals surface area contributed by atoms with E-state index in [9.17, 15) is 4.79 Å². The SMILES string of the molecule is Cc1ccccc1-n1c(SCc2nc3ccccc3nc2C)nc2ccccc2c1=O. The fourth-order valence-electron chi connectivity index (χ4n) is 3.63. The predicted molar refractivity (Wildman–Crippen MR) is 126 cm³/mol. The maximum Gasteiger partial charge on any atom is 0.266 e. The Bertz CT molecular complexity index is 1490. The van der Waals surface area contributed by atoms with E-state index in [4.69, 9.17) is 9.97 Å². The summed E-state index contributed by atoms with van der Waals surface area (Å²) in [6, 6.07) is 23.2. The van der Waals surface area contributed by atoms with E-state index < -0.39 is 0 Å². The maximum absolute atomic E-state index is 13.4. The highest BCUT2D eigenvalue weighted by molar-refractivity contribution is 7.98. The van der Waals surface area contributed by atoms with Crippen molar-refractivity contribution in [3.63, 3.8) is 0 Å². The van der Waals surface area contributed by atoms with Gasteiger partial charge in [0.2, 0.25) is 0 Å². The summed E-state index contributed by atoms with van der Waals surface area (Å²) in [4.78, 5) is 27.8. The maximum atomic E-state index is 13.4. The van der Waals surface area contributed by atoms with Crippen molar-refractivity contribution < 1.29 is 0 Å². The Hall–Kier alpha value is -3.51. The molecule has 0 bridgehead atoms. The van der Waals surface area contributed by atoms with Crippen LogP contribution in [0.1, 0.15) is 17.0 Å². The highest BCUT2D eigenvalue weighted by Gasteiger charge is 2.16. The molecule has 31 heavy (non-hydrogen) atoms. The van der Waals surface area contributed by atoms with Crippen LogP contribution in [0, 0.1) is 13.8 Å². The van der Waals surface area contributed by atoms with Crippen molar-refractivity contribution in [2.45, 2.75) is 24.8 Å². The van der Waals surface area contributed by atoms with Gasteiger partial charge in [0.05, 0.1) is 39.0 Å². The van der Waals surface area contributed by atoms with Crippen molar-refractivity contribution in [2.75, 3.05) is 0 Å². The van der Waals surface area contributed by atoms with Crippen LogP contribution < -0.4 is 5.56 Å². The third kappa shape index (κ3) is 3.59. The monoisotopic (exact) mass is 424 g/mol. The van der Waals surface area contributed by atoms with Crippen LogP contribution in [0.3, 0.4) is 0 Å². The van der Waals surface area contributed by atoms with Gasteiger partial charge in [0.15, 0.2) is 5.16 Å². The number of hydrogen-bond donors (Lipinski definition) is 0. The van der Waals surface area contributed by atoms with Gasteiger partial charge >= 0.3 is 0 Å². The zero-order valence-corrected chi connectivity index (χ0v) is 18.1. The molecule has 5 nitrogen and oxygen atoms in total. The van der Waals surface area contributed by atoms with E-state index in [0.29, 0.717) is 21.8 Å². The molecular formula is C25H20N4OS. The highest BCUT2D eigenvalue weighted by atomic mass is 32.2. The molecule has 2 heterocycles. The van der Waals surface area contributed by atoms with Crippen LogP contribution in [0.25, 0.3) is 27.6 Å². The second-order valence-corrected chi connectivity index (χ2v) is 8.31. The lowest BCUT2D eigenvalue weighted by Crippen LogP contribution is -2.22. The van der Waals surface area contributed by atoms with Crippen LogP contribution in [0.5, 0.6) is 0 Å². The van der Waals surface area contributed by atoms with Crippen LogP contribution in [0.15, 0.2) is 82.7 Å². The van der Waals surface area contributed by atoms with E-state index in [0.717, 1.165) is 33.7 Å². The van der Waals surface area contributed by atoms with Crippen LogP contribution in [0.2, 0.25) is 0 Å². The molecule has 0 N–H and O–H groups in total. The molecule has 0 saturated heterocycles. The van der Waals surface area contributed by atoms with Crippen LogP contribution in [0.4, 0.5) is 0 Å². The molecule has 0 fully saturated rings. The molecule has 6 heteroatoms. The van der Waals surface area contributed by atoms with Gasteiger partial charge in [0.25, 0.3) is 5.56 Å². The van der Waals surface area contributed by atoms with E-state index >= 15 is 0 Å². The molecule has 0 aliphatic heterocycles. The van der Waals surface area contributed by atoms with Crippen LogP contribution >= 0.6 is 11.8 Å². The molecule has 0 radical (unpaired) electrons. The van der Waals surface area contributed by atoms with Gasteiger partial charge in [-0.3, -0.25) is 9.36 Å². The summed E-state index contributed by atoms with van der Waals surface area (Å²) in [7, 11) is 0. The first-order valence-corrected chi connectivity index (χ1v) is 11.0. The standard InChI is InChI=1S/C25H20N4OS/c1-16-9-3-8-14-23(16)29-24(30)18-10-4-5-11-19(18)28-25(29)31-15-22-17(2)26-20-12-6-7-13-21(20)27-22/h3-14H,15H2,1-2H3. The van der Waals surface area contributed by atoms with E-state index in [1.165, 1.54) is 11.8 Å². The molecular weight excluding hydrogens is 404 g/mol. The van der Waals surface area contributed by atoms with E-state index in [2.05, 4.69) is 4.98 Å². The number of fused-ring (bicyclic) bond motifs is 2. The van der Waals surface area contributed by atoms with Gasteiger partial charge < -0.3 is 0 Å². The second-order valence-electron chi connectivity index (χ2n) is 7.37. The fraction of sp³-hybridized carbons (Fsp3) is 0.120. The lowest BCUT2D eigenvalue weighted by molar-refractivity contribution is 0.813. The Morgan fingerprint density at radius 2 is 1.42 bits per heavy atom. The summed E-state index contributed by atoms with van der Waals surface area (Å²) >= 11 is 1.50. The lowest BCUT2D eigenvalue weighted by atomic mass is 10.2. The molecule has 0 spiro atoms. The van der Waals surface area contributed by atoms with Crippen molar-refractivity contribution in [1.29, 1.82) is 0 Å². The molecule has 5 rings (SSSR count). The van der Waals surface area contributed by atoms with Crippen molar-refractivity contribution in [2.24, 2.45) is 0 Å². The van der Waals surface area contributed by atoms with Gasteiger partial charge in [0, 0.05) is 5.75 Å². The molecule has 2 aromatic heterocycles. The van der Waals surface area contributed by atoms with Gasteiger partial charge in [-0.1, -0.05) is 54.2 Å². The molecule has 0 unspecified atom stereocenters. The summed E-state index contributed by atoms with van der Waals surface area (Å²) < 4.78 is 1.71. The molecule has 0 saturated carbocycles. The van der Waals surface area contributed by atoms with Crippen molar-refractivity contribution in [1.82, 2.24) is 19.5 Å². The summed E-state index contributed by atoms with van der Waals surface area (Å²) in [5, 5.41) is 1.25. The Balaban J connectivity index is 1.63. The van der Waals surface area contributed by atoms with Crippen LogP contribution in [-0.2, 0) is 5.75 Å². The van der Waals surface area contributed by atoms with Gasteiger partial charge in [-0.2, -0.15) is 0 Å². The second kappa shape index (κ2) is 7.96. The summed E-state index contributed by atoms with van der Waals surface area (Å²) in [6.07, 6.45) is 0. The average Bonchev–Trinajstić information content (AvgIpc) is 2.78. The minimum atomic E-state index is -0.0660. The summed E-state index contributed by atoms with van der Waals surface area (Å²) in [5.74, 6) is 0.570. The summed E-state index contributed by atoms with van der Waals surface area (Å²) in [5.41, 5.74) is 6.02. The molecule has 5 aromatic rings. The third-order valence-corrected chi connectivity index (χ3v) is 6.23. The van der Waals surface area contributed by atoms with Crippen molar-refractivity contribution in [3.05, 3.63) is 100 Å². The van der Waals surface area contributed by atoms with E-state index in [1.54, 1.807) is 4.57 Å². The number of hydrogen-bond acceptors (Lipinski definition) is 5. The Kier molecular flexibility index (Phi) is 5.00. The van der Waals surface area contributed by atoms with Gasteiger partial charge in [-0.05, 0) is 49.7 Å². The molecule has 3 aromatic carbocycles. The average molecular weight is 425 g/mol. The third-order valence-electron chi connectivity index (χ3n) is 5.28. The molecule has 0 aliphatic rings. The first-order valence-electron chi connectivity index (χ1n) is 10.0. The largest absolute Gasteiger partial charge is 0.268 e. The molecule has 0 amide bonds. The van der Waals surface area contributed by atoms with Gasteiger partial charge in [-0.15, -0.1) is 0 Å². The summed E-state index contributed by atoms with van der Waals surface area (Å²) in [6.45, 7) is 3.97. The smallest absolute Gasteiger partial charge is 0.266 e. The number of aromatic nitrogens is 4. The number of rotatable bonds is 4. The van der Waals surface area contributed by atoms with E-state index in [-0.39, 0.29) is 5.56 Å². The minimum Gasteiger partial charge on any atom is -0.268 e. The zero-order valence-electron chi connectivity index (χ0n) is 17.2. The quantitative estimate of drug-likeness (QED) is 0.292. The van der Waals surface area contributed by atoms with Crippen molar-refractivity contribution >= 4 is 33.7 Å². The fourth-order valence-corrected chi connectivity index (χ4v) is 4.64. The number of benzene rings is 3. The van der Waals surface area contributed by atoms with Crippen LogP contribution in [-0.4, -0.2) is 19.5 Å². The van der Waals surface area contributed by atoms with E-state index in [1.807, 2.05) is 86.6 Å². The molecule has 0 atom stereocenters. The topological polar surface area (TPSA) is 60.7 Å². The lowest BCUT2D eigenvalue weighted by Gasteiger charge is -2.15. The minimum absolute atomic E-state index is 0.0660. The predicted octanol–water partition coefficient (Wildman–Crippen LogP) is 5.24. The number of thioether (sulfide) groups is 1.